The van der Waals surface area contributed by atoms with E-state index in [1.54, 1.807) is 16.8 Å². The molecule has 1 saturated heterocycles. The number of hydrogen-bond donors (Lipinski definition) is 1. The number of nitrogens with zero attached hydrogens (tertiary/aromatic N) is 2. The lowest BCUT2D eigenvalue weighted by Crippen LogP contribution is -2.52. The summed E-state index contributed by atoms with van der Waals surface area (Å²) in [5, 5.41) is 3.00. The molecule has 1 rings (SSSR count). The Balaban J connectivity index is 2.55. The minimum Gasteiger partial charge on any atom is -0.342 e. The van der Waals surface area contributed by atoms with E-state index >= 15 is 0 Å². The van der Waals surface area contributed by atoms with Gasteiger partial charge in [0.05, 0.1) is 12.6 Å². The summed E-state index contributed by atoms with van der Waals surface area (Å²) in [6.07, 6.45) is 1.83. The molecule has 1 aliphatic rings. The van der Waals surface area contributed by atoms with Crippen molar-refractivity contribution in [2.75, 3.05) is 33.2 Å². The van der Waals surface area contributed by atoms with Crippen molar-refractivity contribution in [2.24, 2.45) is 0 Å². The molecule has 0 spiro atoms. The van der Waals surface area contributed by atoms with Crippen molar-refractivity contribution in [2.45, 2.75) is 32.7 Å². The molecule has 1 fully saturated rings. The Hall–Kier alpha value is -1.10. The third-order valence-corrected chi connectivity index (χ3v) is 3.32. The highest BCUT2D eigenvalue weighted by molar-refractivity contribution is 5.88. The summed E-state index contributed by atoms with van der Waals surface area (Å²) in [4.78, 5) is 27.3. The van der Waals surface area contributed by atoms with Gasteiger partial charge in [0.25, 0.3) is 0 Å². The molecule has 5 nitrogen and oxygen atoms in total. The fraction of sp³-hybridized carbons (Fsp3) is 0.833. The third kappa shape index (κ3) is 3.43. The van der Waals surface area contributed by atoms with Crippen molar-refractivity contribution in [3.05, 3.63) is 0 Å². The third-order valence-electron chi connectivity index (χ3n) is 3.32. The van der Waals surface area contributed by atoms with Crippen LogP contribution in [0.4, 0.5) is 0 Å². The maximum atomic E-state index is 12.0. The molecule has 0 aromatic carbocycles. The van der Waals surface area contributed by atoms with Crippen LogP contribution < -0.4 is 5.32 Å². The number of piperidine rings is 1. The SMILES string of the molecule is CCN(CC)C(=O)CN1CCCC(NC)C1=O. The summed E-state index contributed by atoms with van der Waals surface area (Å²) in [6.45, 7) is 6.23. The molecular weight excluding hydrogens is 218 g/mol. The first-order valence-corrected chi connectivity index (χ1v) is 6.37. The van der Waals surface area contributed by atoms with Crippen LogP contribution in [0, 0.1) is 0 Å². The lowest BCUT2D eigenvalue weighted by molar-refractivity contribution is -0.143. The highest BCUT2D eigenvalue weighted by Gasteiger charge is 2.29. The minimum atomic E-state index is -0.117. The van der Waals surface area contributed by atoms with Crippen molar-refractivity contribution in [1.82, 2.24) is 15.1 Å². The van der Waals surface area contributed by atoms with Crippen molar-refractivity contribution >= 4 is 11.8 Å². The van der Waals surface area contributed by atoms with E-state index in [0.29, 0.717) is 19.6 Å². The molecule has 2 amide bonds. The van der Waals surface area contributed by atoms with Gasteiger partial charge >= 0.3 is 0 Å². The predicted octanol–water partition coefficient (Wildman–Crippen LogP) is 0.0652. The molecule has 1 atom stereocenters. The number of amides is 2. The first-order chi connectivity index (χ1) is 8.13. The monoisotopic (exact) mass is 241 g/mol. The lowest BCUT2D eigenvalue weighted by atomic mass is 10.1. The molecule has 0 radical (unpaired) electrons. The van der Waals surface area contributed by atoms with Gasteiger partial charge in [0.2, 0.25) is 11.8 Å². The quantitative estimate of drug-likeness (QED) is 0.741. The molecule has 0 aromatic rings. The van der Waals surface area contributed by atoms with E-state index < -0.39 is 0 Å². The molecule has 98 valence electrons. The molecule has 0 saturated carbocycles. The maximum Gasteiger partial charge on any atom is 0.242 e. The van der Waals surface area contributed by atoms with Crippen LogP contribution >= 0.6 is 0 Å². The van der Waals surface area contributed by atoms with Crippen LogP contribution in [0.3, 0.4) is 0 Å². The van der Waals surface area contributed by atoms with E-state index in [1.165, 1.54) is 0 Å². The van der Waals surface area contributed by atoms with E-state index in [2.05, 4.69) is 5.32 Å². The summed E-state index contributed by atoms with van der Waals surface area (Å²) < 4.78 is 0. The summed E-state index contributed by atoms with van der Waals surface area (Å²) >= 11 is 0. The first-order valence-electron chi connectivity index (χ1n) is 6.37. The molecule has 1 aliphatic heterocycles. The van der Waals surface area contributed by atoms with Gasteiger partial charge in [0.1, 0.15) is 0 Å². The Morgan fingerprint density at radius 2 is 2.12 bits per heavy atom. The second kappa shape index (κ2) is 6.59. The van der Waals surface area contributed by atoms with E-state index in [1.807, 2.05) is 13.8 Å². The van der Waals surface area contributed by atoms with Crippen LogP contribution in [0.1, 0.15) is 26.7 Å². The molecule has 17 heavy (non-hydrogen) atoms. The zero-order valence-electron chi connectivity index (χ0n) is 11.0. The maximum absolute atomic E-state index is 12.0. The molecule has 5 heteroatoms. The Labute approximate surface area is 103 Å². The van der Waals surface area contributed by atoms with Crippen molar-refractivity contribution in [3.63, 3.8) is 0 Å². The van der Waals surface area contributed by atoms with Gasteiger partial charge in [0.15, 0.2) is 0 Å². The summed E-state index contributed by atoms with van der Waals surface area (Å²) in [6, 6.07) is -0.117. The van der Waals surface area contributed by atoms with Crippen molar-refractivity contribution in [1.29, 1.82) is 0 Å². The van der Waals surface area contributed by atoms with Crippen LogP contribution in [-0.2, 0) is 9.59 Å². The molecule has 1 N–H and O–H groups in total. The highest BCUT2D eigenvalue weighted by atomic mass is 16.2. The van der Waals surface area contributed by atoms with Gasteiger partial charge in [-0.1, -0.05) is 0 Å². The molecule has 0 aromatic heterocycles. The fourth-order valence-electron chi connectivity index (χ4n) is 2.20. The van der Waals surface area contributed by atoms with Crippen LogP contribution in [0.5, 0.6) is 0 Å². The van der Waals surface area contributed by atoms with Gasteiger partial charge in [0, 0.05) is 19.6 Å². The largest absolute Gasteiger partial charge is 0.342 e. The van der Waals surface area contributed by atoms with E-state index in [0.717, 1.165) is 12.8 Å². The van der Waals surface area contributed by atoms with E-state index in [-0.39, 0.29) is 24.4 Å². The number of likely N-dealkylation sites (tertiary alicyclic amines) is 1. The summed E-state index contributed by atoms with van der Waals surface area (Å²) in [5.41, 5.74) is 0. The fourth-order valence-corrected chi connectivity index (χ4v) is 2.20. The Morgan fingerprint density at radius 3 is 2.65 bits per heavy atom. The molecule has 1 heterocycles. The van der Waals surface area contributed by atoms with Gasteiger partial charge in [-0.15, -0.1) is 0 Å². The van der Waals surface area contributed by atoms with Crippen LogP contribution in [0.25, 0.3) is 0 Å². The lowest BCUT2D eigenvalue weighted by Gasteiger charge is -2.33. The standard InChI is InChI=1S/C12H23N3O2/c1-4-14(5-2)11(16)9-15-8-6-7-10(13-3)12(15)17/h10,13H,4-9H2,1-3H3. The second-order valence-corrected chi connectivity index (χ2v) is 4.31. The average molecular weight is 241 g/mol. The zero-order valence-corrected chi connectivity index (χ0v) is 11.0. The second-order valence-electron chi connectivity index (χ2n) is 4.31. The molecule has 0 bridgehead atoms. The van der Waals surface area contributed by atoms with E-state index in [4.69, 9.17) is 0 Å². The van der Waals surface area contributed by atoms with Gasteiger partial charge in [-0.05, 0) is 33.7 Å². The Bertz CT molecular complexity index is 277. The van der Waals surface area contributed by atoms with Crippen LogP contribution in [0.2, 0.25) is 0 Å². The molecular formula is C12H23N3O2. The number of carbonyl (C=O) groups is 2. The zero-order chi connectivity index (χ0) is 12.8. The number of rotatable bonds is 5. The summed E-state index contributed by atoms with van der Waals surface area (Å²) in [7, 11) is 1.79. The molecule has 0 aliphatic carbocycles. The number of nitrogens with one attached hydrogen (secondary N) is 1. The number of likely N-dealkylation sites (N-methyl/N-ethyl adjacent to an activating group) is 2. The first kappa shape index (κ1) is 14.0. The minimum absolute atomic E-state index is 0.0418. The van der Waals surface area contributed by atoms with E-state index in [9.17, 15) is 9.59 Å². The average Bonchev–Trinajstić information content (AvgIpc) is 2.33. The Kier molecular flexibility index (Phi) is 5.41. The van der Waals surface area contributed by atoms with Gasteiger partial charge in [-0.2, -0.15) is 0 Å². The van der Waals surface area contributed by atoms with Gasteiger partial charge < -0.3 is 15.1 Å². The normalized spacial score (nSPS) is 20.5. The van der Waals surface area contributed by atoms with Crippen molar-refractivity contribution in [3.8, 4) is 0 Å². The smallest absolute Gasteiger partial charge is 0.242 e. The number of hydrogen-bond acceptors (Lipinski definition) is 3. The van der Waals surface area contributed by atoms with Crippen LogP contribution in [-0.4, -0.2) is 60.9 Å². The van der Waals surface area contributed by atoms with Gasteiger partial charge in [-0.25, -0.2) is 0 Å². The highest BCUT2D eigenvalue weighted by Crippen LogP contribution is 2.11. The molecule has 1 unspecified atom stereocenters. The topological polar surface area (TPSA) is 52.7 Å². The predicted molar refractivity (Wildman–Crippen MR) is 66.6 cm³/mol. The number of carbonyl (C=O) groups excluding carboxylic acids is 2. The van der Waals surface area contributed by atoms with Crippen LogP contribution in [0.15, 0.2) is 0 Å². The van der Waals surface area contributed by atoms with Gasteiger partial charge in [-0.3, -0.25) is 9.59 Å². The Morgan fingerprint density at radius 1 is 1.47 bits per heavy atom. The van der Waals surface area contributed by atoms with Crippen molar-refractivity contribution < 1.29 is 9.59 Å². The summed E-state index contributed by atoms with van der Waals surface area (Å²) in [5.74, 6) is 0.0966.